The van der Waals surface area contributed by atoms with Crippen LogP contribution < -0.4 is 4.74 Å². The van der Waals surface area contributed by atoms with Crippen molar-refractivity contribution in [3.8, 4) is 39.1 Å². The fourth-order valence-corrected chi connectivity index (χ4v) is 5.12. The molecular formula is C35H34F2O2. The number of ether oxygens (including phenoxy) is 2. The molecule has 5 rings (SSSR count). The maximum Gasteiger partial charge on any atom is 0.201 e. The van der Waals surface area contributed by atoms with E-state index < -0.39 is 11.6 Å². The zero-order valence-corrected chi connectivity index (χ0v) is 22.5. The molecule has 2 nitrogen and oxygen atoms in total. The summed E-state index contributed by atoms with van der Waals surface area (Å²) >= 11 is 0. The largest absolute Gasteiger partial charge is 0.490 e. The van der Waals surface area contributed by atoms with E-state index in [0.29, 0.717) is 18.1 Å². The maximum absolute atomic E-state index is 14.7. The molecule has 0 saturated carbocycles. The molecule has 1 heterocycles. The highest BCUT2D eigenvalue weighted by Crippen LogP contribution is 2.33. The van der Waals surface area contributed by atoms with Crippen LogP contribution in [0.2, 0.25) is 0 Å². The Kier molecular flexibility index (Phi) is 8.53. The van der Waals surface area contributed by atoms with Gasteiger partial charge in [-0.25, -0.2) is 4.39 Å². The molecule has 0 amide bonds. The SMILES string of the molecule is C/C=C/C1CCC(c2ccc(-c3ccc(-c4ccc(-c5ccc(OCCC)c(F)c5F)cc4)cc3)cc2)CO1. The van der Waals surface area contributed by atoms with Gasteiger partial charge in [-0.1, -0.05) is 91.9 Å². The number of allylic oxidation sites excluding steroid dienone is 1. The normalized spacial score (nSPS) is 17.4. The zero-order valence-electron chi connectivity index (χ0n) is 22.5. The van der Waals surface area contributed by atoms with E-state index >= 15 is 0 Å². The lowest BCUT2D eigenvalue weighted by Gasteiger charge is -2.27. The van der Waals surface area contributed by atoms with E-state index in [4.69, 9.17) is 9.47 Å². The Morgan fingerprint density at radius 3 is 1.82 bits per heavy atom. The molecule has 0 bridgehead atoms. The lowest BCUT2D eigenvalue weighted by molar-refractivity contribution is 0.0326. The second-order valence-corrected chi connectivity index (χ2v) is 10.0. The van der Waals surface area contributed by atoms with Gasteiger partial charge in [0.1, 0.15) is 0 Å². The molecule has 0 N–H and O–H groups in total. The smallest absolute Gasteiger partial charge is 0.201 e. The Balaban J connectivity index is 1.26. The van der Waals surface area contributed by atoms with Gasteiger partial charge in [-0.15, -0.1) is 0 Å². The molecule has 2 atom stereocenters. The minimum atomic E-state index is -0.946. The average Bonchev–Trinajstić information content (AvgIpc) is 2.99. The van der Waals surface area contributed by atoms with Crippen LogP contribution in [-0.4, -0.2) is 19.3 Å². The van der Waals surface area contributed by atoms with Gasteiger partial charge in [0.2, 0.25) is 5.82 Å². The molecule has 1 fully saturated rings. The fraction of sp³-hybridized carbons (Fsp3) is 0.257. The van der Waals surface area contributed by atoms with Gasteiger partial charge in [0, 0.05) is 11.5 Å². The van der Waals surface area contributed by atoms with E-state index in [1.807, 2.05) is 38.1 Å². The van der Waals surface area contributed by atoms with Crippen LogP contribution >= 0.6 is 0 Å². The summed E-state index contributed by atoms with van der Waals surface area (Å²) < 4.78 is 40.4. The lowest BCUT2D eigenvalue weighted by Crippen LogP contribution is -2.23. The van der Waals surface area contributed by atoms with Crippen molar-refractivity contribution in [1.82, 2.24) is 0 Å². The second-order valence-electron chi connectivity index (χ2n) is 10.0. The Bertz CT molecular complexity index is 1400. The van der Waals surface area contributed by atoms with Gasteiger partial charge >= 0.3 is 0 Å². The zero-order chi connectivity index (χ0) is 27.2. The molecule has 4 heteroatoms. The highest BCUT2D eigenvalue weighted by Gasteiger charge is 2.21. The standard InChI is InChI=1S/C35H34F2O2/c1-3-5-31-19-18-30(23-39-31)28-12-10-26(11-13-28)24-6-8-25(9-7-24)27-14-16-29(17-15-27)32-20-21-33(38-22-4-2)35(37)34(32)36/h3,5-17,20-21,30-31H,4,18-19,22-23H2,1-2H3/b5-3+. The van der Waals surface area contributed by atoms with Crippen LogP contribution in [0.15, 0.2) is 97.1 Å². The van der Waals surface area contributed by atoms with Crippen molar-refractivity contribution in [2.45, 2.75) is 45.1 Å². The summed E-state index contributed by atoms with van der Waals surface area (Å²) in [5.74, 6) is -1.44. The van der Waals surface area contributed by atoms with Crippen molar-refractivity contribution >= 4 is 0 Å². The van der Waals surface area contributed by atoms with Gasteiger partial charge in [0.15, 0.2) is 11.6 Å². The van der Waals surface area contributed by atoms with Crippen molar-refractivity contribution in [1.29, 1.82) is 0 Å². The van der Waals surface area contributed by atoms with E-state index in [-0.39, 0.29) is 17.4 Å². The summed E-state index contributed by atoms with van der Waals surface area (Å²) in [6.45, 7) is 5.07. The van der Waals surface area contributed by atoms with Gasteiger partial charge in [-0.2, -0.15) is 4.39 Å². The number of hydrogen-bond acceptors (Lipinski definition) is 2. The Morgan fingerprint density at radius 1 is 0.744 bits per heavy atom. The molecule has 4 aromatic carbocycles. The van der Waals surface area contributed by atoms with Crippen LogP contribution in [0, 0.1) is 11.6 Å². The van der Waals surface area contributed by atoms with E-state index in [1.165, 1.54) is 17.2 Å². The molecule has 0 aromatic heterocycles. The van der Waals surface area contributed by atoms with Crippen LogP contribution in [-0.2, 0) is 4.74 Å². The van der Waals surface area contributed by atoms with Crippen molar-refractivity contribution in [3.05, 3.63) is 114 Å². The molecular weight excluding hydrogens is 490 g/mol. The molecule has 4 aromatic rings. The third kappa shape index (κ3) is 6.12. The average molecular weight is 525 g/mol. The molecule has 200 valence electrons. The topological polar surface area (TPSA) is 18.5 Å². The summed E-state index contributed by atoms with van der Waals surface area (Å²) in [6, 6.07) is 27.8. The van der Waals surface area contributed by atoms with Crippen LogP contribution in [0.25, 0.3) is 33.4 Å². The molecule has 0 aliphatic carbocycles. The minimum Gasteiger partial charge on any atom is -0.490 e. The predicted octanol–water partition coefficient (Wildman–Crippen LogP) is 9.59. The van der Waals surface area contributed by atoms with Gasteiger partial charge in [0.25, 0.3) is 0 Å². The Hall–Kier alpha value is -3.76. The predicted molar refractivity (Wildman–Crippen MR) is 155 cm³/mol. The second kappa shape index (κ2) is 12.4. The molecule has 0 radical (unpaired) electrons. The van der Waals surface area contributed by atoms with Crippen molar-refractivity contribution in [3.63, 3.8) is 0 Å². The Labute approximate surface area is 229 Å². The summed E-state index contributed by atoms with van der Waals surface area (Å²) in [7, 11) is 0. The summed E-state index contributed by atoms with van der Waals surface area (Å²) in [4.78, 5) is 0. The summed E-state index contributed by atoms with van der Waals surface area (Å²) in [6.07, 6.45) is 7.38. The van der Waals surface area contributed by atoms with Crippen molar-refractivity contribution in [2.24, 2.45) is 0 Å². The lowest BCUT2D eigenvalue weighted by atomic mass is 9.90. The van der Waals surface area contributed by atoms with E-state index in [2.05, 4.69) is 60.7 Å². The van der Waals surface area contributed by atoms with Crippen molar-refractivity contribution < 1.29 is 18.3 Å². The van der Waals surface area contributed by atoms with Crippen molar-refractivity contribution in [2.75, 3.05) is 13.2 Å². The first-order chi connectivity index (χ1) is 19.1. The van der Waals surface area contributed by atoms with Gasteiger partial charge in [0.05, 0.1) is 19.3 Å². The molecule has 2 unspecified atom stereocenters. The molecule has 39 heavy (non-hydrogen) atoms. The third-order valence-electron chi connectivity index (χ3n) is 7.36. The van der Waals surface area contributed by atoms with E-state index in [0.717, 1.165) is 42.6 Å². The van der Waals surface area contributed by atoms with Crippen LogP contribution in [0.1, 0.15) is 44.6 Å². The van der Waals surface area contributed by atoms with E-state index in [9.17, 15) is 8.78 Å². The molecule has 1 aliphatic rings. The highest BCUT2D eigenvalue weighted by atomic mass is 19.2. The molecule has 1 aliphatic heterocycles. The fourth-order valence-electron chi connectivity index (χ4n) is 5.12. The first-order valence-electron chi connectivity index (χ1n) is 13.7. The van der Waals surface area contributed by atoms with Crippen LogP contribution in [0.5, 0.6) is 5.75 Å². The number of hydrogen-bond donors (Lipinski definition) is 0. The minimum absolute atomic E-state index is 0.0503. The van der Waals surface area contributed by atoms with Gasteiger partial charge in [-0.05, 0) is 71.7 Å². The first-order valence-corrected chi connectivity index (χ1v) is 13.7. The number of benzene rings is 4. The van der Waals surface area contributed by atoms with Crippen LogP contribution in [0.4, 0.5) is 8.78 Å². The van der Waals surface area contributed by atoms with E-state index in [1.54, 1.807) is 6.07 Å². The quantitative estimate of drug-likeness (QED) is 0.214. The van der Waals surface area contributed by atoms with Crippen LogP contribution in [0.3, 0.4) is 0 Å². The number of halogens is 2. The third-order valence-corrected chi connectivity index (χ3v) is 7.36. The summed E-state index contributed by atoms with van der Waals surface area (Å²) in [5.41, 5.74) is 6.57. The first kappa shape index (κ1) is 26.8. The maximum atomic E-state index is 14.7. The molecule has 0 spiro atoms. The summed E-state index contributed by atoms with van der Waals surface area (Å²) in [5, 5.41) is 0. The Morgan fingerprint density at radius 2 is 1.31 bits per heavy atom. The van der Waals surface area contributed by atoms with Gasteiger partial charge < -0.3 is 9.47 Å². The van der Waals surface area contributed by atoms with Gasteiger partial charge in [-0.3, -0.25) is 0 Å². The highest BCUT2D eigenvalue weighted by molar-refractivity contribution is 5.73. The molecule has 1 saturated heterocycles. The number of rotatable bonds is 8. The monoisotopic (exact) mass is 524 g/mol.